The van der Waals surface area contributed by atoms with E-state index in [1.165, 1.54) is 18.5 Å². The number of nitrogens with one attached hydrogen (secondary N) is 1. The summed E-state index contributed by atoms with van der Waals surface area (Å²) in [4.78, 5) is 0. The molecule has 0 radical (unpaired) electrons. The molecule has 1 unspecified atom stereocenters. The van der Waals surface area contributed by atoms with Crippen molar-refractivity contribution in [1.82, 2.24) is 15.1 Å². The topological polar surface area (TPSA) is 29.9 Å². The Kier molecular flexibility index (Phi) is 4.10. The highest BCUT2D eigenvalue weighted by Crippen LogP contribution is 2.47. The summed E-state index contributed by atoms with van der Waals surface area (Å²) >= 11 is 0. The van der Waals surface area contributed by atoms with Crippen LogP contribution in [0, 0.1) is 5.41 Å². The third-order valence-corrected chi connectivity index (χ3v) is 4.10. The van der Waals surface area contributed by atoms with Gasteiger partial charge in [0.25, 0.3) is 0 Å². The van der Waals surface area contributed by atoms with Crippen LogP contribution < -0.4 is 5.32 Å². The zero-order valence-corrected chi connectivity index (χ0v) is 12.2. The largest absolute Gasteiger partial charge is 0.314 e. The second kappa shape index (κ2) is 5.43. The van der Waals surface area contributed by atoms with Gasteiger partial charge in [0.15, 0.2) is 0 Å². The Morgan fingerprint density at radius 2 is 2.11 bits per heavy atom. The fraction of sp³-hybridized carbons (Fsp3) is 0.800. The van der Waals surface area contributed by atoms with E-state index in [0.29, 0.717) is 17.5 Å². The summed E-state index contributed by atoms with van der Waals surface area (Å²) in [5, 5.41) is 8.30. The Labute approximate surface area is 111 Å². The SMILES string of the molecule is CCC(C)n1ccc(CC2(CNC(C)C)CC2)n1. The van der Waals surface area contributed by atoms with Crippen LogP contribution in [0.2, 0.25) is 0 Å². The van der Waals surface area contributed by atoms with Gasteiger partial charge in [0.1, 0.15) is 0 Å². The fourth-order valence-corrected chi connectivity index (χ4v) is 2.30. The van der Waals surface area contributed by atoms with E-state index >= 15 is 0 Å². The molecule has 0 amide bonds. The Morgan fingerprint density at radius 1 is 1.39 bits per heavy atom. The molecular formula is C15H27N3. The van der Waals surface area contributed by atoms with Crippen LogP contribution in [0.15, 0.2) is 12.3 Å². The van der Waals surface area contributed by atoms with Crippen molar-refractivity contribution in [1.29, 1.82) is 0 Å². The lowest BCUT2D eigenvalue weighted by molar-refractivity contribution is 0.418. The van der Waals surface area contributed by atoms with E-state index in [0.717, 1.165) is 19.4 Å². The molecule has 0 saturated heterocycles. The molecular weight excluding hydrogens is 222 g/mol. The number of hydrogen-bond donors (Lipinski definition) is 1. The summed E-state index contributed by atoms with van der Waals surface area (Å²) in [5.41, 5.74) is 1.76. The molecule has 1 aromatic heterocycles. The normalized spacial score (nSPS) is 19.2. The summed E-state index contributed by atoms with van der Waals surface area (Å²) in [7, 11) is 0. The van der Waals surface area contributed by atoms with E-state index < -0.39 is 0 Å². The maximum absolute atomic E-state index is 4.72. The Balaban J connectivity index is 1.91. The molecule has 2 rings (SSSR count). The predicted octanol–water partition coefficient (Wildman–Crippen LogP) is 3.17. The molecule has 0 aromatic carbocycles. The molecule has 1 saturated carbocycles. The van der Waals surface area contributed by atoms with Crippen molar-refractivity contribution in [2.24, 2.45) is 5.41 Å². The lowest BCUT2D eigenvalue weighted by Crippen LogP contribution is -2.31. The lowest BCUT2D eigenvalue weighted by Gasteiger charge is -2.17. The summed E-state index contributed by atoms with van der Waals surface area (Å²) in [5.74, 6) is 0. The summed E-state index contributed by atoms with van der Waals surface area (Å²) in [6, 6.07) is 3.30. The quantitative estimate of drug-likeness (QED) is 0.804. The van der Waals surface area contributed by atoms with Gasteiger partial charge in [-0.2, -0.15) is 5.10 Å². The first-order chi connectivity index (χ1) is 8.54. The molecule has 0 bridgehead atoms. The summed E-state index contributed by atoms with van der Waals surface area (Å²) < 4.78 is 2.11. The molecule has 18 heavy (non-hydrogen) atoms. The van der Waals surface area contributed by atoms with Gasteiger partial charge >= 0.3 is 0 Å². The maximum atomic E-state index is 4.72. The second-order valence-electron chi connectivity index (χ2n) is 6.26. The molecule has 1 fully saturated rings. The molecule has 1 aliphatic rings. The van der Waals surface area contributed by atoms with Gasteiger partial charge in [0.2, 0.25) is 0 Å². The van der Waals surface area contributed by atoms with Gasteiger partial charge in [-0.25, -0.2) is 0 Å². The van der Waals surface area contributed by atoms with Crippen molar-refractivity contribution in [3.05, 3.63) is 18.0 Å². The Bertz CT molecular complexity index is 377. The molecule has 3 heteroatoms. The van der Waals surface area contributed by atoms with E-state index in [1.54, 1.807) is 0 Å². The molecule has 1 heterocycles. The van der Waals surface area contributed by atoms with Crippen LogP contribution in [0.3, 0.4) is 0 Å². The predicted molar refractivity (Wildman–Crippen MR) is 75.7 cm³/mol. The van der Waals surface area contributed by atoms with Crippen LogP contribution in [0.4, 0.5) is 0 Å². The highest BCUT2D eigenvalue weighted by Gasteiger charge is 2.42. The highest BCUT2D eigenvalue weighted by molar-refractivity contribution is 5.09. The van der Waals surface area contributed by atoms with Crippen molar-refractivity contribution >= 4 is 0 Å². The fourth-order valence-electron chi connectivity index (χ4n) is 2.30. The number of aromatic nitrogens is 2. The van der Waals surface area contributed by atoms with Gasteiger partial charge in [-0.15, -0.1) is 0 Å². The third-order valence-electron chi connectivity index (χ3n) is 4.10. The van der Waals surface area contributed by atoms with Gasteiger partial charge < -0.3 is 5.32 Å². The monoisotopic (exact) mass is 249 g/mol. The smallest absolute Gasteiger partial charge is 0.0630 e. The first-order valence-corrected chi connectivity index (χ1v) is 7.32. The van der Waals surface area contributed by atoms with Gasteiger partial charge in [0.05, 0.1) is 5.69 Å². The van der Waals surface area contributed by atoms with E-state index in [2.05, 4.69) is 50.0 Å². The van der Waals surface area contributed by atoms with Gasteiger partial charge in [-0.1, -0.05) is 20.8 Å². The van der Waals surface area contributed by atoms with E-state index in [1.807, 2.05) is 0 Å². The van der Waals surface area contributed by atoms with E-state index in [4.69, 9.17) is 5.10 Å². The minimum absolute atomic E-state index is 0.499. The highest BCUT2D eigenvalue weighted by atomic mass is 15.3. The average Bonchev–Trinajstić information content (AvgIpc) is 2.95. The molecule has 1 N–H and O–H groups in total. The van der Waals surface area contributed by atoms with Crippen molar-refractivity contribution in [3.8, 4) is 0 Å². The standard InChI is InChI=1S/C15H27N3/c1-5-13(4)18-9-6-14(17-18)10-15(7-8-15)11-16-12(2)3/h6,9,12-13,16H,5,7-8,10-11H2,1-4H3. The molecule has 0 spiro atoms. The minimum atomic E-state index is 0.499. The van der Waals surface area contributed by atoms with E-state index in [9.17, 15) is 0 Å². The first-order valence-electron chi connectivity index (χ1n) is 7.32. The summed E-state index contributed by atoms with van der Waals surface area (Å²) in [6.07, 6.45) is 7.11. The zero-order valence-electron chi connectivity index (χ0n) is 12.2. The minimum Gasteiger partial charge on any atom is -0.314 e. The van der Waals surface area contributed by atoms with Gasteiger partial charge in [-0.05, 0) is 44.1 Å². The number of hydrogen-bond acceptors (Lipinski definition) is 2. The number of nitrogens with zero attached hydrogens (tertiary/aromatic N) is 2. The average molecular weight is 249 g/mol. The molecule has 1 aliphatic carbocycles. The van der Waals surface area contributed by atoms with Crippen LogP contribution in [0.25, 0.3) is 0 Å². The summed E-state index contributed by atoms with van der Waals surface area (Å²) in [6.45, 7) is 10.0. The molecule has 0 aliphatic heterocycles. The van der Waals surface area contributed by atoms with Crippen LogP contribution in [0.1, 0.15) is 58.7 Å². The molecule has 1 atom stereocenters. The van der Waals surface area contributed by atoms with Crippen molar-refractivity contribution in [3.63, 3.8) is 0 Å². The van der Waals surface area contributed by atoms with Crippen molar-refractivity contribution in [2.75, 3.05) is 6.54 Å². The Hall–Kier alpha value is -0.830. The Morgan fingerprint density at radius 3 is 2.67 bits per heavy atom. The third kappa shape index (κ3) is 3.35. The van der Waals surface area contributed by atoms with E-state index in [-0.39, 0.29) is 0 Å². The van der Waals surface area contributed by atoms with Gasteiger partial charge in [0, 0.05) is 24.8 Å². The first kappa shape index (κ1) is 13.6. The van der Waals surface area contributed by atoms with Crippen LogP contribution in [-0.4, -0.2) is 22.4 Å². The van der Waals surface area contributed by atoms with Crippen LogP contribution in [-0.2, 0) is 6.42 Å². The maximum Gasteiger partial charge on any atom is 0.0630 e. The molecule has 1 aromatic rings. The molecule has 102 valence electrons. The van der Waals surface area contributed by atoms with Crippen molar-refractivity contribution in [2.45, 2.75) is 65.5 Å². The lowest BCUT2D eigenvalue weighted by atomic mass is 10.00. The van der Waals surface area contributed by atoms with Crippen LogP contribution in [0.5, 0.6) is 0 Å². The molecule has 3 nitrogen and oxygen atoms in total. The second-order valence-corrected chi connectivity index (χ2v) is 6.26. The zero-order chi connectivity index (χ0) is 13.2. The van der Waals surface area contributed by atoms with Gasteiger partial charge in [-0.3, -0.25) is 4.68 Å². The van der Waals surface area contributed by atoms with Crippen LogP contribution >= 0.6 is 0 Å². The number of rotatable bonds is 7. The van der Waals surface area contributed by atoms with Crippen molar-refractivity contribution < 1.29 is 0 Å².